The Morgan fingerprint density at radius 1 is 0.971 bits per heavy atom. The number of carbonyl (C=O) groups excluding carboxylic acids is 1. The summed E-state index contributed by atoms with van der Waals surface area (Å²) in [4.78, 5) is 23.1. The van der Waals surface area contributed by atoms with E-state index in [2.05, 4.69) is 16.0 Å². The molecule has 0 fully saturated rings. The van der Waals surface area contributed by atoms with E-state index in [4.69, 9.17) is 0 Å². The van der Waals surface area contributed by atoms with Crippen LogP contribution in [0.15, 0.2) is 95.9 Å². The van der Waals surface area contributed by atoms with Crippen molar-refractivity contribution in [2.24, 2.45) is 12.0 Å². The molecule has 1 aliphatic heterocycles. The predicted octanol–water partition coefficient (Wildman–Crippen LogP) is 5.67. The summed E-state index contributed by atoms with van der Waals surface area (Å²) < 4.78 is 16.8. The van der Waals surface area contributed by atoms with Crippen molar-refractivity contribution < 1.29 is 9.18 Å². The molecule has 5 nitrogen and oxygen atoms in total. The SMILES string of the molecule is Cn1cc(C=C2N=C(c3ccccc3F)N(CCc3c[nH]c4ccccc34)C2=O)c2ccccc21. The molecular formula is C29H23FN4O. The van der Waals surface area contributed by atoms with Gasteiger partial charge in [-0.15, -0.1) is 0 Å². The maximum absolute atomic E-state index is 14.8. The topological polar surface area (TPSA) is 53.4 Å². The first-order chi connectivity index (χ1) is 17.1. The van der Waals surface area contributed by atoms with Gasteiger partial charge in [0.2, 0.25) is 0 Å². The molecule has 0 aliphatic carbocycles. The number of aromatic nitrogens is 2. The molecule has 0 unspecified atom stereocenters. The molecule has 0 atom stereocenters. The van der Waals surface area contributed by atoms with Crippen LogP contribution in [0.5, 0.6) is 0 Å². The van der Waals surface area contributed by atoms with Crippen molar-refractivity contribution >= 4 is 39.6 Å². The van der Waals surface area contributed by atoms with Crippen LogP contribution >= 0.6 is 0 Å². The van der Waals surface area contributed by atoms with E-state index in [1.54, 1.807) is 29.2 Å². The number of hydrogen-bond acceptors (Lipinski definition) is 2. The molecule has 0 saturated carbocycles. The fraction of sp³-hybridized carbons (Fsp3) is 0.103. The minimum Gasteiger partial charge on any atom is -0.361 e. The Morgan fingerprint density at radius 3 is 2.57 bits per heavy atom. The third-order valence-corrected chi connectivity index (χ3v) is 6.56. The van der Waals surface area contributed by atoms with Gasteiger partial charge in [-0.25, -0.2) is 9.38 Å². The van der Waals surface area contributed by atoms with Crippen LogP contribution in [-0.4, -0.2) is 32.7 Å². The van der Waals surface area contributed by atoms with Gasteiger partial charge in [0.25, 0.3) is 5.91 Å². The molecule has 6 heteroatoms. The van der Waals surface area contributed by atoms with E-state index in [1.807, 2.05) is 66.5 Å². The number of H-pyrrole nitrogens is 1. The third kappa shape index (κ3) is 3.64. The second-order valence-corrected chi connectivity index (χ2v) is 8.72. The van der Waals surface area contributed by atoms with Crippen LogP contribution in [0, 0.1) is 5.82 Å². The summed E-state index contributed by atoms with van der Waals surface area (Å²) >= 11 is 0. The largest absolute Gasteiger partial charge is 0.361 e. The van der Waals surface area contributed by atoms with E-state index < -0.39 is 5.82 Å². The highest BCUT2D eigenvalue weighted by Crippen LogP contribution is 2.28. The number of amidine groups is 1. The average Bonchev–Trinajstić information content (AvgIpc) is 3.53. The molecule has 3 aromatic carbocycles. The zero-order valence-corrected chi connectivity index (χ0v) is 19.2. The number of aryl methyl sites for hydroxylation is 1. The average molecular weight is 463 g/mol. The van der Waals surface area contributed by atoms with Crippen molar-refractivity contribution in [1.29, 1.82) is 0 Å². The fourth-order valence-corrected chi connectivity index (χ4v) is 4.81. The number of nitrogens with one attached hydrogen (secondary N) is 1. The molecule has 6 rings (SSSR count). The lowest BCUT2D eigenvalue weighted by Crippen LogP contribution is -2.35. The Hall–Kier alpha value is -4.45. The Kier molecular flexibility index (Phi) is 5.07. The van der Waals surface area contributed by atoms with E-state index in [0.29, 0.717) is 30.1 Å². The van der Waals surface area contributed by atoms with Gasteiger partial charge < -0.3 is 9.55 Å². The van der Waals surface area contributed by atoms with E-state index >= 15 is 0 Å². The standard InChI is InChI=1S/C29H23FN4O/c1-33-18-20(22-9-4-7-13-27(22)33)16-26-29(35)34(28(32-26)23-10-2-5-11-24(23)30)15-14-19-17-31-25-12-6-3-8-21(19)25/h2-13,16-18,31H,14-15H2,1H3. The van der Waals surface area contributed by atoms with Gasteiger partial charge in [-0.3, -0.25) is 9.69 Å². The molecule has 0 bridgehead atoms. The quantitative estimate of drug-likeness (QED) is 0.336. The Morgan fingerprint density at radius 2 is 1.71 bits per heavy atom. The molecule has 5 aromatic rings. The van der Waals surface area contributed by atoms with E-state index in [1.165, 1.54) is 6.07 Å². The van der Waals surface area contributed by atoms with E-state index in [0.717, 1.165) is 32.9 Å². The Bertz CT molecular complexity index is 1660. The summed E-state index contributed by atoms with van der Waals surface area (Å²) in [5, 5.41) is 2.16. The highest BCUT2D eigenvalue weighted by Gasteiger charge is 2.32. The number of hydrogen-bond donors (Lipinski definition) is 1. The summed E-state index contributed by atoms with van der Waals surface area (Å²) in [5.41, 5.74) is 4.75. The van der Waals surface area contributed by atoms with Gasteiger partial charge in [-0.1, -0.05) is 48.5 Å². The highest BCUT2D eigenvalue weighted by molar-refractivity contribution is 6.20. The van der Waals surface area contributed by atoms with Crippen LogP contribution in [0.1, 0.15) is 16.7 Å². The van der Waals surface area contributed by atoms with Crippen molar-refractivity contribution in [2.75, 3.05) is 6.54 Å². The molecule has 172 valence electrons. The van der Waals surface area contributed by atoms with Crippen molar-refractivity contribution in [3.8, 4) is 0 Å². The van der Waals surface area contributed by atoms with Crippen molar-refractivity contribution in [1.82, 2.24) is 14.5 Å². The van der Waals surface area contributed by atoms with E-state index in [-0.39, 0.29) is 5.91 Å². The summed E-state index contributed by atoms with van der Waals surface area (Å²) in [7, 11) is 1.97. The van der Waals surface area contributed by atoms with Crippen LogP contribution in [-0.2, 0) is 18.3 Å². The molecule has 1 N–H and O–H groups in total. The van der Waals surface area contributed by atoms with Gasteiger partial charge in [0.15, 0.2) is 0 Å². The summed E-state index contributed by atoms with van der Waals surface area (Å²) in [5.74, 6) is -0.280. The second kappa shape index (κ2) is 8.40. The third-order valence-electron chi connectivity index (χ3n) is 6.56. The number of amides is 1. The number of carbonyl (C=O) groups is 1. The highest BCUT2D eigenvalue weighted by atomic mass is 19.1. The molecule has 2 aromatic heterocycles. The monoisotopic (exact) mass is 462 g/mol. The Balaban J connectivity index is 1.39. The lowest BCUT2D eigenvalue weighted by atomic mass is 10.1. The number of aromatic amines is 1. The van der Waals surface area contributed by atoms with Crippen molar-refractivity contribution in [2.45, 2.75) is 6.42 Å². The number of rotatable bonds is 5. The second-order valence-electron chi connectivity index (χ2n) is 8.72. The van der Waals surface area contributed by atoms with Crippen LogP contribution in [0.25, 0.3) is 27.9 Å². The first-order valence-electron chi connectivity index (χ1n) is 11.6. The molecule has 1 amide bonds. The first kappa shape index (κ1) is 21.1. The number of para-hydroxylation sites is 2. The molecule has 3 heterocycles. The normalized spacial score (nSPS) is 15.0. The lowest BCUT2D eigenvalue weighted by molar-refractivity contribution is -0.122. The van der Waals surface area contributed by atoms with Crippen LogP contribution in [0.4, 0.5) is 4.39 Å². The maximum Gasteiger partial charge on any atom is 0.278 e. The minimum atomic E-state index is -0.400. The number of nitrogens with zero attached hydrogens (tertiary/aromatic N) is 3. The number of fused-ring (bicyclic) bond motifs is 2. The fourth-order valence-electron chi connectivity index (χ4n) is 4.81. The predicted molar refractivity (Wildman–Crippen MR) is 138 cm³/mol. The summed E-state index contributed by atoms with van der Waals surface area (Å²) in [6.07, 6.45) is 6.37. The number of benzene rings is 3. The van der Waals surface area contributed by atoms with Gasteiger partial charge in [0, 0.05) is 53.4 Å². The van der Waals surface area contributed by atoms with Crippen molar-refractivity contribution in [3.63, 3.8) is 0 Å². The molecule has 35 heavy (non-hydrogen) atoms. The van der Waals surface area contributed by atoms with Crippen LogP contribution in [0.2, 0.25) is 0 Å². The van der Waals surface area contributed by atoms with Crippen LogP contribution < -0.4 is 0 Å². The van der Waals surface area contributed by atoms with Crippen molar-refractivity contribution in [3.05, 3.63) is 113 Å². The number of aliphatic imine (C=N–C) groups is 1. The summed E-state index contributed by atoms with van der Waals surface area (Å²) in [6.45, 7) is 0.390. The Labute approximate surface area is 201 Å². The first-order valence-corrected chi connectivity index (χ1v) is 11.6. The molecule has 1 aliphatic rings. The zero-order chi connectivity index (χ0) is 23.9. The van der Waals surface area contributed by atoms with Gasteiger partial charge >= 0.3 is 0 Å². The molecule has 0 radical (unpaired) electrons. The molecular weight excluding hydrogens is 439 g/mol. The summed E-state index contributed by atoms with van der Waals surface area (Å²) in [6, 6.07) is 22.6. The van der Waals surface area contributed by atoms with Crippen LogP contribution in [0.3, 0.4) is 0 Å². The van der Waals surface area contributed by atoms with Gasteiger partial charge in [-0.2, -0.15) is 0 Å². The number of halogens is 1. The zero-order valence-electron chi connectivity index (χ0n) is 19.2. The lowest BCUT2D eigenvalue weighted by Gasteiger charge is -2.18. The minimum absolute atomic E-state index is 0.226. The molecule has 0 saturated heterocycles. The van der Waals surface area contributed by atoms with Gasteiger partial charge in [0.05, 0.1) is 5.56 Å². The van der Waals surface area contributed by atoms with E-state index in [9.17, 15) is 9.18 Å². The molecule has 0 spiro atoms. The van der Waals surface area contributed by atoms with Gasteiger partial charge in [0.1, 0.15) is 17.3 Å². The smallest absolute Gasteiger partial charge is 0.278 e. The van der Waals surface area contributed by atoms with Gasteiger partial charge in [-0.05, 0) is 42.3 Å². The maximum atomic E-state index is 14.8.